The number of hydrogen-bond acceptors (Lipinski definition) is 3. The molecule has 1 N–H and O–H groups in total. The van der Waals surface area contributed by atoms with E-state index in [0.717, 1.165) is 36.3 Å². The van der Waals surface area contributed by atoms with Gasteiger partial charge in [-0.1, -0.05) is 30.3 Å². The third-order valence-corrected chi connectivity index (χ3v) is 4.63. The van der Waals surface area contributed by atoms with Crippen LogP contribution in [-0.2, 0) is 11.3 Å². The average molecular weight is 342 g/mol. The summed E-state index contributed by atoms with van der Waals surface area (Å²) < 4.78 is 18.4. The van der Waals surface area contributed by atoms with E-state index < -0.39 is 0 Å². The molecule has 0 saturated carbocycles. The van der Waals surface area contributed by atoms with Gasteiger partial charge < -0.3 is 10.1 Å². The number of hydrogen-bond donors (Lipinski definition) is 1. The molecule has 0 radical (unpaired) electrons. The number of nitrogens with one attached hydrogen (secondary N) is 1. The number of para-hydroxylation sites is 1. The van der Waals surface area contributed by atoms with E-state index in [4.69, 9.17) is 4.74 Å². The lowest BCUT2D eigenvalue weighted by atomic mass is 10.0. The molecule has 1 atom stereocenters. The maximum Gasteiger partial charge on any atom is 0.234 e. The van der Waals surface area contributed by atoms with Crippen molar-refractivity contribution in [2.24, 2.45) is 0 Å². The van der Waals surface area contributed by atoms with E-state index in [1.807, 2.05) is 36.4 Å². The minimum atomic E-state index is -0.233. The van der Waals surface area contributed by atoms with Gasteiger partial charge in [0, 0.05) is 18.2 Å². The van der Waals surface area contributed by atoms with Crippen LogP contribution in [0.5, 0.6) is 5.75 Å². The Morgan fingerprint density at radius 3 is 2.76 bits per heavy atom. The topological polar surface area (TPSA) is 41.6 Å². The molecule has 0 spiro atoms. The van der Waals surface area contributed by atoms with Gasteiger partial charge in [-0.15, -0.1) is 0 Å². The monoisotopic (exact) mass is 342 g/mol. The highest BCUT2D eigenvalue weighted by Crippen LogP contribution is 2.31. The number of carbonyl (C=O) groups is 1. The van der Waals surface area contributed by atoms with E-state index in [9.17, 15) is 9.18 Å². The summed E-state index contributed by atoms with van der Waals surface area (Å²) in [6.07, 6.45) is 2.03. The number of rotatable bonds is 6. The molecule has 1 unspecified atom stereocenters. The Balaban J connectivity index is 1.57. The SMILES string of the molecule is COc1ccccc1CNC(=O)CN1CCCC1c1ccc(F)cc1. The maximum atomic E-state index is 13.1. The highest BCUT2D eigenvalue weighted by molar-refractivity contribution is 5.78. The van der Waals surface area contributed by atoms with Gasteiger partial charge in [0.2, 0.25) is 5.91 Å². The Morgan fingerprint density at radius 1 is 1.24 bits per heavy atom. The van der Waals surface area contributed by atoms with Crippen molar-refractivity contribution in [2.45, 2.75) is 25.4 Å². The molecule has 1 aliphatic rings. The number of benzene rings is 2. The van der Waals surface area contributed by atoms with Crippen molar-refractivity contribution in [2.75, 3.05) is 20.2 Å². The van der Waals surface area contributed by atoms with Gasteiger partial charge in [0.25, 0.3) is 0 Å². The second kappa shape index (κ2) is 8.12. The Hall–Kier alpha value is -2.40. The number of amides is 1. The number of carbonyl (C=O) groups excluding carboxylic acids is 1. The molecule has 1 aliphatic heterocycles. The fourth-order valence-corrected chi connectivity index (χ4v) is 3.36. The predicted octanol–water partition coefficient (Wildman–Crippen LogP) is 3.29. The van der Waals surface area contributed by atoms with Crippen LogP contribution in [0.4, 0.5) is 4.39 Å². The molecule has 0 aliphatic carbocycles. The Kier molecular flexibility index (Phi) is 5.66. The number of ether oxygens (including phenoxy) is 1. The molecule has 0 aromatic heterocycles. The van der Waals surface area contributed by atoms with Crippen LogP contribution in [0.3, 0.4) is 0 Å². The standard InChI is InChI=1S/C20H23FN2O2/c1-25-19-7-3-2-5-16(19)13-22-20(24)14-23-12-4-6-18(23)15-8-10-17(21)11-9-15/h2-3,5,7-11,18H,4,6,12-14H2,1H3,(H,22,24). The normalized spacial score (nSPS) is 17.4. The molecular weight excluding hydrogens is 319 g/mol. The smallest absolute Gasteiger partial charge is 0.234 e. The Bertz CT molecular complexity index is 718. The van der Waals surface area contributed by atoms with Crippen LogP contribution in [0.2, 0.25) is 0 Å². The van der Waals surface area contributed by atoms with Gasteiger partial charge in [-0.3, -0.25) is 9.69 Å². The predicted molar refractivity (Wildman–Crippen MR) is 94.8 cm³/mol. The second-order valence-corrected chi connectivity index (χ2v) is 6.27. The summed E-state index contributed by atoms with van der Waals surface area (Å²) >= 11 is 0. The molecule has 3 rings (SSSR count). The first kappa shape index (κ1) is 17.4. The van der Waals surface area contributed by atoms with Crippen LogP contribution >= 0.6 is 0 Å². The molecule has 2 aromatic carbocycles. The van der Waals surface area contributed by atoms with Gasteiger partial charge in [0.05, 0.1) is 13.7 Å². The Labute approximate surface area is 147 Å². The maximum absolute atomic E-state index is 13.1. The van der Waals surface area contributed by atoms with Crippen molar-refractivity contribution in [1.29, 1.82) is 0 Å². The van der Waals surface area contributed by atoms with E-state index >= 15 is 0 Å². The zero-order valence-electron chi connectivity index (χ0n) is 14.4. The lowest BCUT2D eigenvalue weighted by molar-refractivity contribution is -0.122. The third-order valence-electron chi connectivity index (χ3n) is 4.63. The van der Waals surface area contributed by atoms with Gasteiger partial charge >= 0.3 is 0 Å². The van der Waals surface area contributed by atoms with Gasteiger partial charge in [-0.2, -0.15) is 0 Å². The van der Waals surface area contributed by atoms with Crippen molar-refractivity contribution in [3.05, 3.63) is 65.5 Å². The third kappa shape index (κ3) is 4.37. The molecule has 0 bridgehead atoms. The van der Waals surface area contributed by atoms with Crippen LogP contribution in [0.15, 0.2) is 48.5 Å². The van der Waals surface area contributed by atoms with Crippen molar-refractivity contribution in [3.63, 3.8) is 0 Å². The van der Waals surface area contributed by atoms with Crippen molar-refractivity contribution < 1.29 is 13.9 Å². The zero-order chi connectivity index (χ0) is 17.6. The lowest BCUT2D eigenvalue weighted by Crippen LogP contribution is -2.36. The van der Waals surface area contributed by atoms with Crippen molar-refractivity contribution in [1.82, 2.24) is 10.2 Å². The van der Waals surface area contributed by atoms with E-state index in [0.29, 0.717) is 13.1 Å². The quantitative estimate of drug-likeness (QED) is 0.876. The molecule has 5 heteroatoms. The molecule has 25 heavy (non-hydrogen) atoms. The fourth-order valence-electron chi connectivity index (χ4n) is 3.36. The molecule has 1 heterocycles. The summed E-state index contributed by atoms with van der Waals surface area (Å²) in [5, 5.41) is 2.96. The number of nitrogens with zero attached hydrogens (tertiary/aromatic N) is 1. The minimum absolute atomic E-state index is 0.0140. The minimum Gasteiger partial charge on any atom is -0.496 e. The van der Waals surface area contributed by atoms with E-state index in [2.05, 4.69) is 10.2 Å². The highest BCUT2D eigenvalue weighted by atomic mass is 19.1. The second-order valence-electron chi connectivity index (χ2n) is 6.27. The van der Waals surface area contributed by atoms with Gasteiger partial charge in [-0.25, -0.2) is 4.39 Å². The summed E-state index contributed by atoms with van der Waals surface area (Å²) in [7, 11) is 1.62. The summed E-state index contributed by atoms with van der Waals surface area (Å²) in [5.41, 5.74) is 2.02. The van der Waals surface area contributed by atoms with Gasteiger partial charge in [0.1, 0.15) is 11.6 Å². The molecule has 1 fully saturated rings. The highest BCUT2D eigenvalue weighted by Gasteiger charge is 2.27. The van der Waals surface area contributed by atoms with Crippen LogP contribution in [0.1, 0.15) is 30.0 Å². The fraction of sp³-hybridized carbons (Fsp3) is 0.350. The van der Waals surface area contributed by atoms with E-state index in [1.54, 1.807) is 7.11 Å². The van der Waals surface area contributed by atoms with Crippen LogP contribution in [0, 0.1) is 5.82 Å². The number of likely N-dealkylation sites (tertiary alicyclic amines) is 1. The van der Waals surface area contributed by atoms with Crippen molar-refractivity contribution in [3.8, 4) is 5.75 Å². The van der Waals surface area contributed by atoms with E-state index in [1.165, 1.54) is 12.1 Å². The van der Waals surface area contributed by atoms with Crippen LogP contribution in [0.25, 0.3) is 0 Å². The number of halogens is 1. The summed E-state index contributed by atoms with van der Waals surface area (Å²) in [6, 6.07) is 14.4. The molecule has 2 aromatic rings. The molecule has 4 nitrogen and oxygen atoms in total. The van der Waals surface area contributed by atoms with Gasteiger partial charge in [-0.05, 0) is 43.1 Å². The number of methoxy groups -OCH3 is 1. The summed E-state index contributed by atoms with van der Waals surface area (Å²) in [5.74, 6) is 0.524. The van der Waals surface area contributed by atoms with Crippen molar-refractivity contribution >= 4 is 5.91 Å². The van der Waals surface area contributed by atoms with Gasteiger partial charge in [0.15, 0.2) is 0 Å². The first-order valence-electron chi connectivity index (χ1n) is 8.55. The summed E-state index contributed by atoms with van der Waals surface area (Å²) in [4.78, 5) is 14.5. The lowest BCUT2D eigenvalue weighted by Gasteiger charge is -2.24. The zero-order valence-corrected chi connectivity index (χ0v) is 14.4. The first-order valence-corrected chi connectivity index (χ1v) is 8.55. The van der Waals surface area contributed by atoms with E-state index in [-0.39, 0.29) is 17.8 Å². The van der Waals surface area contributed by atoms with Crippen LogP contribution < -0.4 is 10.1 Å². The largest absolute Gasteiger partial charge is 0.496 e. The first-order chi connectivity index (χ1) is 12.2. The summed E-state index contributed by atoms with van der Waals surface area (Å²) in [6.45, 7) is 1.67. The molecule has 1 amide bonds. The molecular formula is C20H23FN2O2. The molecule has 132 valence electrons. The van der Waals surface area contributed by atoms with Crippen LogP contribution in [-0.4, -0.2) is 31.0 Å². The Morgan fingerprint density at radius 2 is 2.00 bits per heavy atom. The molecule has 1 saturated heterocycles. The average Bonchev–Trinajstić information content (AvgIpc) is 3.09.